The van der Waals surface area contributed by atoms with Crippen LogP contribution in [-0.4, -0.2) is 28.6 Å². The summed E-state index contributed by atoms with van der Waals surface area (Å²) in [6.45, 7) is 36.1. The molecule has 6 aromatic carbocycles. The van der Waals surface area contributed by atoms with Crippen molar-refractivity contribution in [3.63, 3.8) is 0 Å². The molecule has 0 heterocycles. The van der Waals surface area contributed by atoms with Gasteiger partial charge < -0.3 is 4.14 Å². The van der Waals surface area contributed by atoms with E-state index in [1.54, 1.807) is 0 Å². The maximum absolute atomic E-state index is 5.98. The first-order valence-electron chi connectivity index (χ1n) is 20.5. The molecule has 57 heavy (non-hydrogen) atoms. The van der Waals surface area contributed by atoms with Crippen LogP contribution in [-0.2, 0) is 33.7 Å². The van der Waals surface area contributed by atoms with E-state index in [0.717, 1.165) is 12.8 Å². The van der Waals surface area contributed by atoms with E-state index in [1.807, 2.05) is 0 Å². The molecule has 0 N–H and O–H groups in total. The summed E-state index contributed by atoms with van der Waals surface area (Å²) in [4.78, 5) is 0. The van der Waals surface area contributed by atoms with Gasteiger partial charge in [-0.05, 0) is 99.6 Å². The van der Waals surface area contributed by atoms with Gasteiger partial charge in [-0.1, -0.05) is 126 Å². The Morgan fingerprint density at radius 3 is 1.18 bits per heavy atom. The fourth-order valence-corrected chi connectivity index (χ4v) is 15.9. The molecular weight excluding hydrogens is 844 g/mol. The van der Waals surface area contributed by atoms with Crippen LogP contribution in [0.2, 0.25) is 39.3 Å². The summed E-state index contributed by atoms with van der Waals surface area (Å²) >= 11 is -0.826. The van der Waals surface area contributed by atoms with Crippen LogP contribution in [0.5, 0.6) is 0 Å². The molecule has 0 fully saturated rings. The molecule has 0 aliphatic carbocycles. The van der Waals surface area contributed by atoms with Gasteiger partial charge in [0.15, 0.2) is 7.98 Å². The van der Waals surface area contributed by atoms with E-state index in [2.05, 4.69) is 198 Å². The van der Waals surface area contributed by atoms with Gasteiger partial charge in [-0.2, -0.15) is 12.1 Å². The minimum atomic E-state index is -1.22. The molecule has 2 radical (unpaired) electrons. The number of aryl methyl sites for hydroxylation is 4. The second-order valence-corrected chi connectivity index (χ2v) is 32.7. The number of benzene rings is 4. The molecule has 0 aromatic heterocycles. The quantitative estimate of drug-likeness (QED) is 0.109. The zero-order chi connectivity index (χ0) is 43.0. The molecule has 6 aromatic rings. The van der Waals surface area contributed by atoms with Crippen molar-refractivity contribution in [3.8, 4) is 22.3 Å². The van der Waals surface area contributed by atoms with Gasteiger partial charge in [-0.25, -0.2) is 0 Å². The van der Waals surface area contributed by atoms with Gasteiger partial charge in [-0.15, -0.1) is 69.1 Å². The van der Waals surface area contributed by atoms with E-state index in [-0.39, 0.29) is 0 Å². The van der Waals surface area contributed by atoms with E-state index >= 15 is 0 Å². The number of halogens is 2. The van der Waals surface area contributed by atoms with E-state index < -0.39 is 37.3 Å². The Morgan fingerprint density at radius 1 is 0.561 bits per heavy atom. The Morgan fingerprint density at radius 2 is 0.895 bits per heavy atom. The first-order chi connectivity index (χ1) is 26.5. The Hall–Kier alpha value is -1.98. The molecule has 0 saturated carbocycles. The third kappa shape index (κ3) is 14.0. The van der Waals surface area contributed by atoms with Gasteiger partial charge in [-0.3, -0.25) is 0 Å². The molecule has 0 aliphatic heterocycles. The molecule has 0 unspecified atom stereocenters. The second-order valence-electron chi connectivity index (χ2n) is 18.8. The SMILES string of the molecule is Cc1cc(C)c(C)c(-c2cccc3[cH-]c(CC(C)C)cc23)c1.Cc1cc(C)c(C)c(-c2cccc3[cH-]c(CC(C)C)cc23)c1.[B]N([Si](C)(C)C)[Si](C)(C)C.[Cl][Zr+2][Cl]. The van der Waals surface area contributed by atoms with Crippen molar-refractivity contribution in [2.45, 2.75) is 121 Å². The third-order valence-electron chi connectivity index (χ3n) is 10.6. The Balaban J connectivity index is 0.000000236. The molecule has 7 heteroatoms. The van der Waals surface area contributed by atoms with Crippen LogP contribution < -0.4 is 0 Å². The number of hydrogen-bond acceptors (Lipinski definition) is 1. The Labute approximate surface area is 370 Å². The number of fused-ring (bicyclic) bond motifs is 2. The van der Waals surface area contributed by atoms with Crippen molar-refractivity contribution in [1.29, 1.82) is 0 Å². The molecule has 6 rings (SSSR count). The average Bonchev–Trinajstić information content (AvgIpc) is 3.70. The van der Waals surface area contributed by atoms with Crippen molar-refractivity contribution < 1.29 is 20.8 Å². The van der Waals surface area contributed by atoms with Crippen molar-refractivity contribution in [1.82, 2.24) is 4.14 Å². The van der Waals surface area contributed by atoms with Gasteiger partial charge >= 0.3 is 37.9 Å². The fourth-order valence-electron chi connectivity index (χ4n) is 7.89. The van der Waals surface area contributed by atoms with Crippen LogP contribution in [0.15, 0.2) is 84.9 Å². The van der Waals surface area contributed by atoms with Gasteiger partial charge in [0.25, 0.3) is 0 Å². The van der Waals surface area contributed by atoms with Gasteiger partial charge in [0.1, 0.15) is 16.5 Å². The molecular formula is C50H68BCl2NSi2Zr. The second kappa shape index (κ2) is 21.5. The summed E-state index contributed by atoms with van der Waals surface area (Å²) in [5.41, 5.74) is 16.6. The summed E-state index contributed by atoms with van der Waals surface area (Å²) in [6.07, 6.45) is 2.31. The predicted octanol–water partition coefficient (Wildman–Crippen LogP) is 16.1. The van der Waals surface area contributed by atoms with Crippen molar-refractivity contribution in [3.05, 3.63) is 129 Å². The Bertz CT molecular complexity index is 2060. The summed E-state index contributed by atoms with van der Waals surface area (Å²) < 4.78 is 2.15. The minimum absolute atomic E-state index is 0.697. The summed E-state index contributed by atoms with van der Waals surface area (Å²) in [5.74, 6) is 1.39. The van der Waals surface area contributed by atoms with Gasteiger partial charge in [0.05, 0.1) is 0 Å². The van der Waals surface area contributed by atoms with Gasteiger partial charge in [0.2, 0.25) is 0 Å². The van der Waals surface area contributed by atoms with Crippen LogP contribution in [0.3, 0.4) is 0 Å². The zero-order valence-corrected chi connectivity index (χ0v) is 43.9. The van der Waals surface area contributed by atoms with Crippen molar-refractivity contribution in [2.75, 3.05) is 0 Å². The van der Waals surface area contributed by atoms with E-state index in [4.69, 9.17) is 25.0 Å². The standard InChI is InChI=1S/2C22H25.C6H18BNSi2.2ClH.Zr/c2*1-14(2)9-18-12-19-7-6-8-20(22(19)13-18)21-11-15(3)10-16(4)17(21)5;1-9(2,3)8(7)10(4,5)6;;;/h2*6-8,10-14H,9H2,1-5H3;1-6H3;2*1H;/q2*-1;;;;+4/p-2. The summed E-state index contributed by atoms with van der Waals surface area (Å²) in [5, 5.41) is 5.52. The van der Waals surface area contributed by atoms with E-state index in [1.165, 1.54) is 88.3 Å². The fraction of sp³-hybridized carbons (Fsp3) is 0.400. The molecule has 302 valence electrons. The average molecular weight is 912 g/mol. The monoisotopic (exact) mass is 909 g/mol. The van der Waals surface area contributed by atoms with Gasteiger partial charge in [0, 0.05) is 0 Å². The van der Waals surface area contributed by atoms with Crippen LogP contribution in [0.25, 0.3) is 43.8 Å². The van der Waals surface area contributed by atoms with Crippen LogP contribution in [0, 0.1) is 53.4 Å². The van der Waals surface area contributed by atoms with E-state index in [0.29, 0.717) is 11.8 Å². The third-order valence-corrected chi connectivity index (χ3v) is 17.5. The van der Waals surface area contributed by atoms with Crippen LogP contribution in [0.1, 0.15) is 72.2 Å². The first kappa shape index (κ1) is 49.4. The molecule has 0 amide bonds. The number of rotatable bonds is 8. The molecule has 0 atom stereocenters. The van der Waals surface area contributed by atoms with Crippen molar-refractivity contribution >= 4 is 63.0 Å². The van der Waals surface area contributed by atoms with E-state index in [9.17, 15) is 0 Å². The number of nitrogens with zero attached hydrogens (tertiary/aromatic N) is 1. The maximum atomic E-state index is 5.98. The Kier molecular flexibility index (Phi) is 18.6. The molecule has 1 nitrogen and oxygen atoms in total. The van der Waals surface area contributed by atoms with Crippen LogP contribution in [0.4, 0.5) is 0 Å². The topological polar surface area (TPSA) is 3.24 Å². The molecule has 0 aliphatic rings. The number of hydrogen-bond donors (Lipinski definition) is 0. The normalized spacial score (nSPS) is 11.6. The summed E-state index contributed by atoms with van der Waals surface area (Å²) in [7, 11) is 13.4. The molecule has 0 bridgehead atoms. The zero-order valence-electron chi connectivity index (χ0n) is 37.9. The summed E-state index contributed by atoms with van der Waals surface area (Å²) in [6, 6.07) is 32.1. The van der Waals surface area contributed by atoms with Crippen LogP contribution >= 0.6 is 17.0 Å². The molecule has 0 spiro atoms. The predicted molar refractivity (Wildman–Crippen MR) is 261 cm³/mol. The van der Waals surface area contributed by atoms with Crippen molar-refractivity contribution in [2.24, 2.45) is 11.8 Å². The first-order valence-corrected chi connectivity index (χ1v) is 33.7. The molecule has 0 saturated heterocycles.